The molecule has 0 aliphatic carbocycles. The number of nitrogens with one attached hydrogen (secondary N) is 2. The summed E-state index contributed by atoms with van der Waals surface area (Å²) in [5.74, 6) is -0.162. The first-order chi connectivity index (χ1) is 10.8. The van der Waals surface area contributed by atoms with Crippen molar-refractivity contribution in [3.05, 3.63) is 24.3 Å². The molecule has 126 valence electrons. The molecule has 0 saturated carbocycles. The highest BCUT2D eigenvalue weighted by Crippen LogP contribution is 2.17. The number of anilines is 2. The molecule has 0 aromatic heterocycles. The number of nitrogens with zero attached hydrogens (tertiary/aromatic N) is 1. The fourth-order valence-electron chi connectivity index (χ4n) is 2.79. The average molecular weight is 319 g/mol. The quantitative estimate of drug-likeness (QED) is 0.891. The fourth-order valence-corrected chi connectivity index (χ4v) is 2.79. The normalized spacial score (nSPS) is 23.1. The summed E-state index contributed by atoms with van der Waals surface area (Å²) in [6.45, 7) is 8.91. The largest absolute Gasteiger partial charge is 0.373 e. The van der Waals surface area contributed by atoms with E-state index in [9.17, 15) is 9.59 Å². The summed E-state index contributed by atoms with van der Waals surface area (Å²) < 4.78 is 5.70. The Labute approximate surface area is 137 Å². The van der Waals surface area contributed by atoms with Crippen molar-refractivity contribution in [2.24, 2.45) is 0 Å². The van der Waals surface area contributed by atoms with Gasteiger partial charge < -0.3 is 15.4 Å². The Hall–Kier alpha value is -1.92. The van der Waals surface area contributed by atoms with Gasteiger partial charge in [0, 0.05) is 31.4 Å². The molecule has 6 nitrogen and oxygen atoms in total. The molecule has 1 heterocycles. The van der Waals surface area contributed by atoms with Gasteiger partial charge in [0.2, 0.25) is 11.8 Å². The van der Waals surface area contributed by atoms with Gasteiger partial charge >= 0.3 is 0 Å². The topological polar surface area (TPSA) is 70.7 Å². The van der Waals surface area contributed by atoms with Crippen LogP contribution in [-0.4, -0.2) is 48.1 Å². The van der Waals surface area contributed by atoms with Crippen molar-refractivity contribution in [3.63, 3.8) is 0 Å². The number of carbonyl (C=O) groups excluding carboxylic acids is 2. The van der Waals surface area contributed by atoms with Crippen LogP contribution in [-0.2, 0) is 14.3 Å². The molecule has 0 spiro atoms. The molecule has 2 N–H and O–H groups in total. The molecule has 3 atom stereocenters. The highest BCUT2D eigenvalue weighted by atomic mass is 16.5. The third-order valence-electron chi connectivity index (χ3n) is 3.85. The van der Waals surface area contributed by atoms with Crippen LogP contribution in [0.5, 0.6) is 0 Å². The molecular formula is C17H25N3O3. The first-order valence-electron chi connectivity index (χ1n) is 7.93. The molecule has 23 heavy (non-hydrogen) atoms. The zero-order valence-corrected chi connectivity index (χ0v) is 14.1. The highest BCUT2D eigenvalue weighted by molar-refractivity contribution is 5.95. The van der Waals surface area contributed by atoms with Gasteiger partial charge in [-0.05, 0) is 45.0 Å². The number of morpholine rings is 1. The van der Waals surface area contributed by atoms with Gasteiger partial charge in [0.1, 0.15) is 0 Å². The molecule has 0 unspecified atom stereocenters. The average Bonchev–Trinajstić information content (AvgIpc) is 2.47. The number of hydrogen-bond donors (Lipinski definition) is 2. The van der Waals surface area contributed by atoms with Gasteiger partial charge in [0.25, 0.3) is 0 Å². The van der Waals surface area contributed by atoms with Crippen LogP contribution in [0.4, 0.5) is 11.4 Å². The molecule has 1 fully saturated rings. The van der Waals surface area contributed by atoms with Crippen molar-refractivity contribution in [3.8, 4) is 0 Å². The summed E-state index contributed by atoms with van der Waals surface area (Å²) in [6.07, 6.45) is 0.261. The molecule has 0 bridgehead atoms. The van der Waals surface area contributed by atoms with Gasteiger partial charge in [-0.3, -0.25) is 14.5 Å². The minimum Gasteiger partial charge on any atom is -0.373 e. The lowest BCUT2D eigenvalue weighted by molar-refractivity contribution is -0.126. The Kier molecular flexibility index (Phi) is 5.74. The zero-order chi connectivity index (χ0) is 17.0. The second-order valence-corrected chi connectivity index (χ2v) is 6.13. The molecule has 1 saturated heterocycles. The Balaban J connectivity index is 1.94. The maximum absolute atomic E-state index is 12.4. The molecule has 6 heteroatoms. The predicted octanol–water partition coefficient (Wildman–Crippen LogP) is 2.08. The summed E-state index contributed by atoms with van der Waals surface area (Å²) in [5.41, 5.74) is 1.42. The van der Waals surface area contributed by atoms with Crippen LogP contribution in [0, 0.1) is 0 Å². The molecule has 1 aliphatic heterocycles. The van der Waals surface area contributed by atoms with Gasteiger partial charge in [-0.25, -0.2) is 0 Å². The molecule has 2 rings (SSSR count). The highest BCUT2D eigenvalue weighted by Gasteiger charge is 2.29. The Morgan fingerprint density at radius 3 is 2.04 bits per heavy atom. The van der Waals surface area contributed by atoms with E-state index >= 15 is 0 Å². The van der Waals surface area contributed by atoms with Crippen molar-refractivity contribution in [2.45, 2.75) is 45.9 Å². The Morgan fingerprint density at radius 2 is 1.57 bits per heavy atom. The zero-order valence-electron chi connectivity index (χ0n) is 14.1. The summed E-state index contributed by atoms with van der Waals surface area (Å²) in [5, 5.41) is 5.61. The van der Waals surface area contributed by atoms with E-state index in [1.165, 1.54) is 6.92 Å². The van der Waals surface area contributed by atoms with Crippen LogP contribution in [0.1, 0.15) is 27.7 Å². The van der Waals surface area contributed by atoms with Crippen molar-refractivity contribution < 1.29 is 14.3 Å². The summed E-state index contributed by atoms with van der Waals surface area (Å²) in [6, 6.07) is 6.86. The van der Waals surface area contributed by atoms with E-state index in [4.69, 9.17) is 4.74 Å². The lowest BCUT2D eigenvalue weighted by Gasteiger charge is -2.38. The molecular weight excluding hydrogens is 294 g/mol. The number of hydrogen-bond acceptors (Lipinski definition) is 4. The number of carbonyl (C=O) groups is 2. The van der Waals surface area contributed by atoms with E-state index in [0.717, 1.165) is 13.1 Å². The summed E-state index contributed by atoms with van der Waals surface area (Å²) in [4.78, 5) is 25.6. The van der Waals surface area contributed by atoms with E-state index in [1.807, 2.05) is 20.8 Å². The van der Waals surface area contributed by atoms with Crippen molar-refractivity contribution >= 4 is 23.2 Å². The lowest BCUT2D eigenvalue weighted by Crippen LogP contribution is -2.52. The summed E-state index contributed by atoms with van der Waals surface area (Å²) >= 11 is 0. The second-order valence-electron chi connectivity index (χ2n) is 6.13. The Bertz CT molecular complexity index is 549. The molecule has 1 aromatic rings. The molecule has 2 amide bonds. The molecule has 1 aromatic carbocycles. The van der Waals surface area contributed by atoms with E-state index in [2.05, 4.69) is 15.5 Å². The third kappa shape index (κ3) is 5.04. The number of benzene rings is 1. The monoisotopic (exact) mass is 319 g/mol. The number of amides is 2. The second kappa shape index (κ2) is 7.57. The van der Waals surface area contributed by atoms with E-state index < -0.39 is 0 Å². The maximum atomic E-state index is 12.4. The maximum Gasteiger partial charge on any atom is 0.241 e. The van der Waals surface area contributed by atoms with E-state index in [-0.39, 0.29) is 30.1 Å². The first-order valence-corrected chi connectivity index (χ1v) is 7.93. The number of rotatable bonds is 4. The first kappa shape index (κ1) is 17.4. The van der Waals surface area contributed by atoms with Gasteiger partial charge in [0.15, 0.2) is 0 Å². The van der Waals surface area contributed by atoms with Gasteiger partial charge in [0.05, 0.1) is 18.2 Å². The van der Waals surface area contributed by atoms with Gasteiger partial charge in [-0.1, -0.05) is 0 Å². The minimum absolute atomic E-state index is 0.0430. The predicted molar refractivity (Wildman–Crippen MR) is 90.4 cm³/mol. The van der Waals surface area contributed by atoms with Crippen molar-refractivity contribution in [2.75, 3.05) is 23.7 Å². The third-order valence-corrected chi connectivity index (χ3v) is 3.85. The van der Waals surface area contributed by atoms with Crippen LogP contribution < -0.4 is 10.6 Å². The van der Waals surface area contributed by atoms with E-state index in [1.54, 1.807) is 24.3 Å². The summed E-state index contributed by atoms with van der Waals surface area (Å²) in [7, 11) is 0. The van der Waals surface area contributed by atoms with E-state index in [0.29, 0.717) is 11.4 Å². The van der Waals surface area contributed by atoms with Crippen molar-refractivity contribution in [1.82, 2.24) is 4.90 Å². The Morgan fingerprint density at radius 1 is 1.09 bits per heavy atom. The van der Waals surface area contributed by atoms with Crippen LogP contribution in [0.15, 0.2) is 24.3 Å². The van der Waals surface area contributed by atoms with Crippen molar-refractivity contribution in [1.29, 1.82) is 0 Å². The van der Waals surface area contributed by atoms with Crippen LogP contribution in [0.2, 0.25) is 0 Å². The SMILES string of the molecule is CC(=O)Nc1ccc(NC(=O)[C@H](C)N2C[C@@H](C)O[C@@H](C)C2)cc1. The standard InChI is InChI=1S/C17H25N3O3/c1-11-9-20(10-12(2)23-11)13(3)17(22)19-16-7-5-15(6-8-16)18-14(4)21/h5-8,11-13H,9-10H2,1-4H3,(H,18,21)(H,19,22)/t11-,12+,13-/m0/s1. The van der Waals surface area contributed by atoms with Gasteiger partial charge in [-0.2, -0.15) is 0 Å². The fraction of sp³-hybridized carbons (Fsp3) is 0.529. The van der Waals surface area contributed by atoms with Crippen LogP contribution in [0.3, 0.4) is 0 Å². The van der Waals surface area contributed by atoms with Crippen LogP contribution >= 0.6 is 0 Å². The van der Waals surface area contributed by atoms with Crippen LogP contribution in [0.25, 0.3) is 0 Å². The lowest BCUT2D eigenvalue weighted by atomic mass is 10.1. The molecule has 1 aliphatic rings. The minimum atomic E-state index is -0.223. The number of ether oxygens (including phenoxy) is 1. The smallest absolute Gasteiger partial charge is 0.241 e. The molecule has 0 radical (unpaired) electrons. The van der Waals surface area contributed by atoms with Gasteiger partial charge in [-0.15, -0.1) is 0 Å².